The fourth-order valence-electron chi connectivity index (χ4n) is 2.74. The molecule has 1 aliphatic heterocycles. The first-order valence-corrected chi connectivity index (χ1v) is 11.1. The first-order valence-electron chi connectivity index (χ1n) is 8.41. The maximum Gasteiger partial charge on any atom is 0.368 e. The Morgan fingerprint density at radius 3 is 2.81 bits per heavy atom. The van der Waals surface area contributed by atoms with Crippen molar-refractivity contribution in [3.63, 3.8) is 0 Å². The molecule has 2 rings (SSSR count). The van der Waals surface area contributed by atoms with E-state index < -0.39 is 21.8 Å². The van der Waals surface area contributed by atoms with E-state index in [1.54, 1.807) is 19.4 Å². The third-order valence-electron chi connectivity index (χ3n) is 4.35. The molecule has 0 aromatic heterocycles. The van der Waals surface area contributed by atoms with Gasteiger partial charge in [-0.05, 0) is 18.7 Å². The molecule has 7 nitrogen and oxygen atoms in total. The Balaban J connectivity index is 2.47. The number of ether oxygens (including phenoxy) is 1. The minimum atomic E-state index is -3.79. The minimum absolute atomic E-state index is 0.0148. The molecule has 0 amide bonds. The highest BCUT2D eigenvalue weighted by atomic mass is 32.2. The molecule has 0 saturated carbocycles. The molecule has 1 aromatic carbocycles. The van der Waals surface area contributed by atoms with Crippen LogP contribution in [0.4, 0.5) is 10.1 Å². The number of likely N-dealkylation sites (N-methyl/N-ethyl adjacent to an activating group) is 1. The number of sulfonamides is 1. The molecule has 0 spiro atoms. The third kappa shape index (κ3) is 4.74. The molecule has 0 aliphatic carbocycles. The van der Waals surface area contributed by atoms with Crippen molar-refractivity contribution in [1.82, 2.24) is 4.31 Å². The molecule has 0 saturated heterocycles. The number of carbonyl (C=O) groups is 1. The summed E-state index contributed by atoms with van der Waals surface area (Å²) in [5, 5.41) is 11.8. The van der Waals surface area contributed by atoms with Gasteiger partial charge in [-0.2, -0.15) is 8.70 Å². The summed E-state index contributed by atoms with van der Waals surface area (Å²) in [6, 6.07) is 2.73. The van der Waals surface area contributed by atoms with E-state index >= 15 is 0 Å². The van der Waals surface area contributed by atoms with Gasteiger partial charge < -0.3 is 15.2 Å². The van der Waals surface area contributed by atoms with Crippen LogP contribution in [0, 0.1) is 0 Å². The minimum Gasteiger partial charge on any atom is -0.476 e. The van der Waals surface area contributed by atoms with Crippen molar-refractivity contribution in [1.29, 1.82) is 0 Å². The van der Waals surface area contributed by atoms with Gasteiger partial charge in [-0.25, -0.2) is 13.2 Å². The van der Waals surface area contributed by atoms with Crippen molar-refractivity contribution < 1.29 is 27.4 Å². The largest absolute Gasteiger partial charge is 0.476 e. The second kappa shape index (κ2) is 8.94. The first kappa shape index (κ1) is 21.5. The predicted molar refractivity (Wildman–Crippen MR) is 102 cm³/mol. The van der Waals surface area contributed by atoms with E-state index in [1.807, 2.05) is 6.92 Å². The van der Waals surface area contributed by atoms with Crippen molar-refractivity contribution in [2.24, 2.45) is 0 Å². The molecular formula is C17H23FN2O5S2. The lowest BCUT2D eigenvalue weighted by molar-refractivity contribution is -0.134. The zero-order valence-electron chi connectivity index (χ0n) is 15.4. The molecular weight excluding hydrogens is 395 g/mol. The van der Waals surface area contributed by atoms with Crippen LogP contribution in [-0.2, 0) is 14.8 Å². The predicted octanol–water partition coefficient (Wildman–Crippen LogP) is 3.29. The summed E-state index contributed by atoms with van der Waals surface area (Å²) in [7, 11) is -2.25. The lowest BCUT2D eigenvalue weighted by atomic mass is 10.1. The first-order chi connectivity index (χ1) is 12.7. The molecule has 150 valence electrons. The number of hydrogen-bond donors (Lipinski definition) is 2. The second-order valence-corrected chi connectivity index (χ2v) is 8.90. The van der Waals surface area contributed by atoms with Crippen molar-refractivity contribution in [2.45, 2.75) is 42.0 Å². The monoisotopic (exact) mass is 418 g/mol. The molecule has 1 heterocycles. The Hall–Kier alpha value is -1.78. The third-order valence-corrected chi connectivity index (χ3v) is 7.06. The van der Waals surface area contributed by atoms with E-state index in [0.717, 1.165) is 19.3 Å². The fraction of sp³-hybridized carbons (Fsp3) is 0.471. The van der Waals surface area contributed by atoms with Gasteiger partial charge in [0.15, 0.2) is 0 Å². The lowest BCUT2D eigenvalue weighted by Gasteiger charge is -2.24. The topological polar surface area (TPSA) is 95.9 Å². The number of nitrogens with zero attached hydrogens (tertiary/aromatic N) is 1. The number of benzene rings is 1. The molecule has 10 heteroatoms. The van der Waals surface area contributed by atoms with Gasteiger partial charge in [0, 0.05) is 25.7 Å². The highest BCUT2D eigenvalue weighted by Gasteiger charge is 2.34. The quantitative estimate of drug-likeness (QED) is 0.398. The molecule has 2 N–H and O–H groups in total. The van der Waals surface area contributed by atoms with Crippen LogP contribution in [0.5, 0.6) is 5.75 Å². The molecule has 0 fully saturated rings. The summed E-state index contributed by atoms with van der Waals surface area (Å²) < 4.78 is 45.8. The van der Waals surface area contributed by atoms with Crippen molar-refractivity contribution >= 4 is 33.4 Å². The summed E-state index contributed by atoms with van der Waals surface area (Å²) in [4.78, 5) is 11.2. The summed E-state index contributed by atoms with van der Waals surface area (Å²) in [5.74, 6) is -3.17. The summed E-state index contributed by atoms with van der Waals surface area (Å²) >= 11 is 1.28. The van der Waals surface area contributed by atoms with E-state index in [4.69, 9.17) is 9.84 Å². The number of aliphatic carboxylic acids is 1. The normalized spacial score (nSPS) is 19.7. The average molecular weight is 419 g/mol. The molecule has 0 bridgehead atoms. The van der Waals surface area contributed by atoms with E-state index in [9.17, 15) is 17.6 Å². The van der Waals surface area contributed by atoms with Gasteiger partial charge in [0.25, 0.3) is 0 Å². The Morgan fingerprint density at radius 2 is 2.22 bits per heavy atom. The molecule has 0 radical (unpaired) electrons. The summed E-state index contributed by atoms with van der Waals surface area (Å²) in [6.07, 6.45) is 4.82. The number of rotatable bonds is 7. The SMILES string of the molecule is CCCCC1CNc2cc(SC)c(O/C=C(\F)C(=O)O)cc2S(=O)(=O)N1C. The van der Waals surface area contributed by atoms with Crippen molar-refractivity contribution in [3.05, 3.63) is 24.2 Å². The van der Waals surface area contributed by atoms with E-state index in [-0.39, 0.29) is 16.7 Å². The second-order valence-electron chi connectivity index (χ2n) is 6.09. The Bertz CT molecular complexity index is 842. The van der Waals surface area contributed by atoms with Gasteiger partial charge in [0.2, 0.25) is 15.9 Å². The molecule has 27 heavy (non-hydrogen) atoms. The van der Waals surface area contributed by atoms with Gasteiger partial charge in [0.1, 0.15) is 16.9 Å². The number of hydrogen-bond acceptors (Lipinski definition) is 6. The smallest absolute Gasteiger partial charge is 0.368 e. The molecule has 1 aliphatic rings. The number of unbranched alkanes of at least 4 members (excludes halogenated alkanes) is 1. The summed E-state index contributed by atoms with van der Waals surface area (Å²) in [6.45, 7) is 2.52. The number of carboxylic acid groups (broad SMARTS) is 1. The van der Waals surface area contributed by atoms with Gasteiger partial charge in [0.05, 0.1) is 10.6 Å². The van der Waals surface area contributed by atoms with Crippen LogP contribution < -0.4 is 10.1 Å². The van der Waals surface area contributed by atoms with Crippen molar-refractivity contribution in [2.75, 3.05) is 25.2 Å². The molecule has 1 aromatic rings. The number of nitrogens with one attached hydrogen (secondary N) is 1. The lowest BCUT2D eigenvalue weighted by Crippen LogP contribution is -2.39. The highest BCUT2D eigenvalue weighted by Crippen LogP contribution is 2.39. The van der Waals surface area contributed by atoms with Crippen molar-refractivity contribution in [3.8, 4) is 5.75 Å². The van der Waals surface area contributed by atoms with Gasteiger partial charge in [-0.3, -0.25) is 0 Å². The number of anilines is 1. The van der Waals surface area contributed by atoms with Crippen LogP contribution in [0.15, 0.2) is 34.0 Å². The highest BCUT2D eigenvalue weighted by molar-refractivity contribution is 7.98. The van der Waals surface area contributed by atoms with Crippen LogP contribution in [0.3, 0.4) is 0 Å². The van der Waals surface area contributed by atoms with Gasteiger partial charge >= 0.3 is 5.97 Å². The zero-order chi connectivity index (χ0) is 20.2. The van der Waals surface area contributed by atoms with Crippen LogP contribution in [0.25, 0.3) is 0 Å². The maximum absolute atomic E-state index is 13.2. The number of fused-ring (bicyclic) bond motifs is 1. The maximum atomic E-state index is 13.2. The number of thioether (sulfide) groups is 1. The Kier molecular flexibility index (Phi) is 7.12. The van der Waals surface area contributed by atoms with Crippen LogP contribution in [0.1, 0.15) is 26.2 Å². The standard InChI is InChI=1S/C17H23FN2O5S2/c1-4-5-6-11-9-19-13-7-15(26-3)14(25-10-12(18)17(21)22)8-16(13)27(23,24)20(11)2/h7-8,10-11,19H,4-6,9H2,1-3H3,(H,21,22)/b12-10-. The van der Waals surface area contributed by atoms with E-state index in [0.29, 0.717) is 23.4 Å². The Morgan fingerprint density at radius 1 is 1.52 bits per heavy atom. The average Bonchev–Trinajstić information content (AvgIpc) is 2.73. The van der Waals surface area contributed by atoms with Crippen LogP contribution >= 0.6 is 11.8 Å². The zero-order valence-corrected chi connectivity index (χ0v) is 17.0. The number of carboxylic acids is 1. The Labute approximate surface area is 162 Å². The van der Waals surface area contributed by atoms with Gasteiger partial charge in [-0.1, -0.05) is 19.8 Å². The molecule has 1 unspecified atom stereocenters. The fourth-order valence-corrected chi connectivity index (χ4v) is 4.83. The summed E-state index contributed by atoms with van der Waals surface area (Å²) in [5.41, 5.74) is 0.445. The van der Waals surface area contributed by atoms with E-state index in [2.05, 4.69) is 5.32 Å². The van der Waals surface area contributed by atoms with Gasteiger partial charge in [-0.15, -0.1) is 11.8 Å². The molecule has 1 atom stereocenters. The van der Waals surface area contributed by atoms with Crippen LogP contribution in [-0.4, -0.2) is 49.7 Å². The number of halogens is 1. The van der Waals surface area contributed by atoms with E-state index in [1.165, 1.54) is 22.1 Å². The van der Waals surface area contributed by atoms with Crippen LogP contribution in [0.2, 0.25) is 0 Å².